The Morgan fingerprint density at radius 1 is 1.44 bits per heavy atom. The van der Waals surface area contributed by atoms with Crippen molar-refractivity contribution in [3.05, 3.63) is 29.6 Å². The molecule has 94 valence electrons. The SMILES string of the molecule is CCc1ccc2ncc(N)c(C3CCOC3)c2n1. The van der Waals surface area contributed by atoms with Crippen LogP contribution >= 0.6 is 0 Å². The van der Waals surface area contributed by atoms with Gasteiger partial charge < -0.3 is 10.5 Å². The number of nitrogens with zero attached hydrogens (tertiary/aromatic N) is 2. The van der Waals surface area contributed by atoms with Crippen molar-refractivity contribution in [2.45, 2.75) is 25.7 Å². The van der Waals surface area contributed by atoms with E-state index < -0.39 is 0 Å². The second-order valence-electron chi connectivity index (χ2n) is 4.71. The highest BCUT2D eigenvalue weighted by atomic mass is 16.5. The van der Waals surface area contributed by atoms with E-state index in [4.69, 9.17) is 15.5 Å². The maximum Gasteiger partial charge on any atom is 0.0946 e. The molecule has 0 aliphatic carbocycles. The van der Waals surface area contributed by atoms with Gasteiger partial charge in [-0.2, -0.15) is 0 Å². The van der Waals surface area contributed by atoms with E-state index in [1.807, 2.05) is 12.1 Å². The molecule has 4 nitrogen and oxygen atoms in total. The van der Waals surface area contributed by atoms with Crippen LogP contribution in [0.2, 0.25) is 0 Å². The number of hydrogen-bond donors (Lipinski definition) is 1. The largest absolute Gasteiger partial charge is 0.397 e. The molecule has 2 aromatic rings. The predicted octanol–water partition coefficient (Wildman–Crippen LogP) is 2.28. The van der Waals surface area contributed by atoms with Crippen molar-refractivity contribution in [1.29, 1.82) is 0 Å². The highest BCUT2D eigenvalue weighted by Gasteiger charge is 2.23. The van der Waals surface area contributed by atoms with Gasteiger partial charge in [-0.15, -0.1) is 0 Å². The highest BCUT2D eigenvalue weighted by Crippen LogP contribution is 2.33. The molecule has 3 rings (SSSR count). The Balaban J connectivity index is 2.22. The second kappa shape index (κ2) is 4.53. The summed E-state index contributed by atoms with van der Waals surface area (Å²) in [7, 11) is 0. The lowest BCUT2D eigenvalue weighted by atomic mass is 9.96. The van der Waals surface area contributed by atoms with Crippen molar-refractivity contribution in [2.75, 3.05) is 18.9 Å². The number of nitrogens with two attached hydrogens (primary N) is 1. The number of nitrogen functional groups attached to an aromatic ring is 1. The van der Waals surface area contributed by atoms with Gasteiger partial charge in [-0.1, -0.05) is 6.92 Å². The van der Waals surface area contributed by atoms with E-state index in [1.165, 1.54) is 0 Å². The van der Waals surface area contributed by atoms with Gasteiger partial charge in [0, 0.05) is 23.8 Å². The molecule has 3 heterocycles. The number of aromatic nitrogens is 2. The quantitative estimate of drug-likeness (QED) is 0.879. The van der Waals surface area contributed by atoms with Crippen LogP contribution in [-0.4, -0.2) is 23.2 Å². The molecule has 1 unspecified atom stereocenters. The number of pyridine rings is 2. The van der Waals surface area contributed by atoms with E-state index in [0.29, 0.717) is 5.92 Å². The van der Waals surface area contributed by atoms with Crippen LogP contribution < -0.4 is 5.73 Å². The van der Waals surface area contributed by atoms with Crippen molar-refractivity contribution >= 4 is 16.7 Å². The molecular weight excluding hydrogens is 226 g/mol. The molecule has 1 aliphatic heterocycles. The van der Waals surface area contributed by atoms with E-state index in [0.717, 1.165) is 54.0 Å². The van der Waals surface area contributed by atoms with E-state index in [1.54, 1.807) is 6.20 Å². The standard InChI is InChI=1S/C14H17N3O/c1-2-10-3-4-12-14(17-10)13(11(15)7-16-12)9-5-6-18-8-9/h3-4,7,9H,2,5-6,8,15H2,1H3. The fourth-order valence-corrected chi connectivity index (χ4v) is 2.53. The molecule has 2 aromatic heterocycles. The van der Waals surface area contributed by atoms with Crippen molar-refractivity contribution in [2.24, 2.45) is 0 Å². The van der Waals surface area contributed by atoms with Gasteiger partial charge in [-0.25, -0.2) is 0 Å². The van der Waals surface area contributed by atoms with Gasteiger partial charge in [0.25, 0.3) is 0 Å². The molecular formula is C14H17N3O. The molecule has 4 heteroatoms. The fraction of sp³-hybridized carbons (Fsp3) is 0.429. The lowest BCUT2D eigenvalue weighted by Crippen LogP contribution is -2.06. The van der Waals surface area contributed by atoms with Crippen molar-refractivity contribution in [3.8, 4) is 0 Å². The monoisotopic (exact) mass is 243 g/mol. The van der Waals surface area contributed by atoms with E-state index in [2.05, 4.69) is 11.9 Å². The van der Waals surface area contributed by atoms with Crippen LogP contribution in [0.25, 0.3) is 11.0 Å². The molecule has 18 heavy (non-hydrogen) atoms. The summed E-state index contributed by atoms with van der Waals surface area (Å²) in [4.78, 5) is 9.06. The molecule has 2 N–H and O–H groups in total. The molecule has 1 aliphatic rings. The van der Waals surface area contributed by atoms with Crippen LogP contribution in [0.4, 0.5) is 5.69 Å². The fourth-order valence-electron chi connectivity index (χ4n) is 2.53. The Morgan fingerprint density at radius 3 is 3.06 bits per heavy atom. The molecule has 1 atom stereocenters. The number of fused-ring (bicyclic) bond motifs is 1. The first kappa shape index (κ1) is 11.4. The average molecular weight is 243 g/mol. The van der Waals surface area contributed by atoms with Gasteiger partial charge in [0.15, 0.2) is 0 Å². The first-order valence-electron chi connectivity index (χ1n) is 6.41. The highest BCUT2D eigenvalue weighted by molar-refractivity contribution is 5.83. The molecule has 0 radical (unpaired) electrons. The summed E-state index contributed by atoms with van der Waals surface area (Å²) in [5, 5.41) is 0. The lowest BCUT2D eigenvalue weighted by molar-refractivity contribution is 0.194. The third-order valence-electron chi connectivity index (χ3n) is 3.54. The van der Waals surface area contributed by atoms with Crippen LogP contribution in [0.3, 0.4) is 0 Å². The summed E-state index contributed by atoms with van der Waals surface area (Å²) in [6.45, 7) is 3.65. The number of rotatable bonds is 2. The van der Waals surface area contributed by atoms with Crippen molar-refractivity contribution in [1.82, 2.24) is 9.97 Å². The van der Waals surface area contributed by atoms with Crippen LogP contribution in [0.5, 0.6) is 0 Å². The zero-order chi connectivity index (χ0) is 12.5. The zero-order valence-corrected chi connectivity index (χ0v) is 10.5. The molecule has 1 fully saturated rings. The number of anilines is 1. The summed E-state index contributed by atoms with van der Waals surface area (Å²) >= 11 is 0. The summed E-state index contributed by atoms with van der Waals surface area (Å²) in [6.07, 6.45) is 3.68. The summed E-state index contributed by atoms with van der Waals surface area (Å²) in [5.74, 6) is 0.357. The summed E-state index contributed by atoms with van der Waals surface area (Å²) in [6, 6.07) is 4.06. The topological polar surface area (TPSA) is 61.0 Å². The van der Waals surface area contributed by atoms with Gasteiger partial charge in [-0.05, 0) is 25.0 Å². The maximum absolute atomic E-state index is 6.10. The van der Waals surface area contributed by atoms with Crippen LogP contribution in [-0.2, 0) is 11.2 Å². The average Bonchev–Trinajstić information content (AvgIpc) is 2.91. The van der Waals surface area contributed by atoms with E-state index in [-0.39, 0.29) is 0 Å². The first-order chi connectivity index (χ1) is 8.79. The Labute approximate surface area is 106 Å². The normalized spacial score (nSPS) is 19.5. The van der Waals surface area contributed by atoms with E-state index in [9.17, 15) is 0 Å². The second-order valence-corrected chi connectivity index (χ2v) is 4.71. The lowest BCUT2D eigenvalue weighted by Gasteiger charge is -2.14. The van der Waals surface area contributed by atoms with Gasteiger partial charge in [0.05, 0.1) is 29.5 Å². The molecule has 0 amide bonds. The third-order valence-corrected chi connectivity index (χ3v) is 3.54. The molecule has 0 spiro atoms. The van der Waals surface area contributed by atoms with Crippen molar-refractivity contribution in [3.63, 3.8) is 0 Å². The Kier molecular flexibility index (Phi) is 2.88. The van der Waals surface area contributed by atoms with Crippen LogP contribution in [0.15, 0.2) is 18.3 Å². The van der Waals surface area contributed by atoms with Gasteiger partial charge in [0.2, 0.25) is 0 Å². The molecule has 0 bridgehead atoms. The minimum absolute atomic E-state index is 0.357. The molecule has 0 saturated carbocycles. The minimum Gasteiger partial charge on any atom is -0.397 e. The number of aryl methyl sites for hydroxylation is 1. The van der Waals surface area contributed by atoms with Crippen molar-refractivity contribution < 1.29 is 4.74 Å². The predicted molar refractivity (Wildman–Crippen MR) is 71.5 cm³/mol. The Hall–Kier alpha value is -1.68. The maximum atomic E-state index is 6.10. The summed E-state index contributed by atoms with van der Waals surface area (Å²) < 4.78 is 5.47. The minimum atomic E-state index is 0.357. The Morgan fingerprint density at radius 2 is 2.33 bits per heavy atom. The van der Waals surface area contributed by atoms with E-state index >= 15 is 0 Å². The Bertz CT molecular complexity index is 577. The zero-order valence-electron chi connectivity index (χ0n) is 10.5. The number of hydrogen-bond acceptors (Lipinski definition) is 4. The number of ether oxygens (including phenoxy) is 1. The molecule has 1 saturated heterocycles. The van der Waals surface area contributed by atoms with Gasteiger partial charge >= 0.3 is 0 Å². The van der Waals surface area contributed by atoms with Gasteiger partial charge in [-0.3, -0.25) is 9.97 Å². The third kappa shape index (κ3) is 1.82. The van der Waals surface area contributed by atoms with Gasteiger partial charge in [0.1, 0.15) is 0 Å². The molecule has 0 aromatic carbocycles. The first-order valence-corrected chi connectivity index (χ1v) is 6.41. The van der Waals surface area contributed by atoms with Crippen LogP contribution in [0.1, 0.15) is 30.5 Å². The van der Waals surface area contributed by atoms with Crippen LogP contribution in [0, 0.1) is 0 Å². The summed E-state index contributed by atoms with van der Waals surface area (Å²) in [5.41, 5.74) is 10.9. The smallest absolute Gasteiger partial charge is 0.0946 e.